The Balaban J connectivity index is 1.85. The lowest BCUT2D eigenvalue weighted by atomic mass is 9.93. The molecule has 0 radical (unpaired) electrons. The van der Waals surface area contributed by atoms with Gasteiger partial charge >= 0.3 is 0 Å². The number of hydrogen-bond donors (Lipinski definition) is 1. The molecule has 21 heavy (non-hydrogen) atoms. The van der Waals surface area contributed by atoms with Crippen LogP contribution in [0.1, 0.15) is 44.0 Å². The van der Waals surface area contributed by atoms with E-state index in [2.05, 4.69) is 32.2 Å². The van der Waals surface area contributed by atoms with Gasteiger partial charge < -0.3 is 4.74 Å². The van der Waals surface area contributed by atoms with Crippen molar-refractivity contribution in [2.24, 2.45) is 0 Å². The van der Waals surface area contributed by atoms with Gasteiger partial charge in [-0.1, -0.05) is 30.3 Å². The highest BCUT2D eigenvalue weighted by molar-refractivity contribution is 5.42. The summed E-state index contributed by atoms with van der Waals surface area (Å²) < 4.78 is 19.1. The predicted molar refractivity (Wildman–Crippen MR) is 81.8 cm³/mol. The highest BCUT2D eigenvalue weighted by Gasteiger charge is 2.41. The summed E-state index contributed by atoms with van der Waals surface area (Å²) in [6.07, 6.45) is 0. The number of rotatable bonds is 3. The van der Waals surface area contributed by atoms with Crippen molar-refractivity contribution < 1.29 is 9.13 Å². The Morgan fingerprint density at radius 1 is 1.10 bits per heavy atom. The molecule has 0 aliphatic carbocycles. The van der Waals surface area contributed by atoms with Gasteiger partial charge in [-0.25, -0.2) is 4.39 Å². The molecule has 0 spiro atoms. The summed E-state index contributed by atoms with van der Waals surface area (Å²) in [6, 6.07) is 15.0. The Labute approximate surface area is 125 Å². The van der Waals surface area contributed by atoms with Gasteiger partial charge in [-0.05, 0) is 44.5 Å². The number of nitrogens with one attached hydrogen (secondary N) is 1. The van der Waals surface area contributed by atoms with Crippen LogP contribution < -0.4 is 10.1 Å². The molecule has 0 saturated carbocycles. The van der Waals surface area contributed by atoms with Crippen LogP contribution in [0.25, 0.3) is 0 Å². The Hall–Kier alpha value is -1.87. The van der Waals surface area contributed by atoms with E-state index in [-0.39, 0.29) is 23.5 Å². The third kappa shape index (κ3) is 2.66. The van der Waals surface area contributed by atoms with E-state index >= 15 is 0 Å². The Kier molecular flexibility index (Phi) is 3.46. The minimum Gasteiger partial charge on any atom is -0.486 e. The molecule has 0 bridgehead atoms. The van der Waals surface area contributed by atoms with E-state index in [1.807, 2.05) is 30.3 Å². The topological polar surface area (TPSA) is 21.3 Å². The highest BCUT2D eigenvalue weighted by atomic mass is 19.1. The number of halogens is 1. The monoisotopic (exact) mass is 285 g/mol. The maximum atomic E-state index is 13.0. The first kappa shape index (κ1) is 14.1. The molecule has 3 heteroatoms. The summed E-state index contributed by atoms with van der Waals surface area (Å²) >= 11 is 0. The van der Waals surface area contributed by atoms with Crippen molar-refractivity contribution in [3.63, 3.8) is 0 Å². The fraction of sp³-hybridized carbons (Fsp3) is 0.333. The summed E-state index contributed by atoms with van der Waals surface area (Å²) in [7, 11) is 0. The van der Waals surface area contributed by atoms with Crippen LogP contribution >= 0.6 is 0 Å². The van der Waals surface area contributed by atoms with E-state index in [0.717, 1.165) is 11.3 Å². The lowest BCUT2D eigenvalue weighted by molar-refractivity contribution is 0.0919. The van der Waals surface area contributed by atoms with Gasteiger partial charge in [0.2, 0.25) is 0 Å². The van der Waals surface area contributed by atoms with Gasteiger partial charge in [0.15, 0.2) is 0 Å². The quantitative estimate of drug-likeness (QED) is 0.903. The average Bonchev–Trinajstić information content (AvgIpc) is 2.70. The van der Waals surface area contributed by atoms with Crippen LogP contribution in [0.5, 0.6) is 5.75 Å². The third-order valence-corrected chi connectivity index (χ3v) is 4.08. The fourth-order valence-corrected chi connectivity index (χ4v) is 2.92. The van der Waals surface area contributed by atoms with Crippen molar-refractivity contribution in [1.29, 1.82) is 0 Å². The minimum absolute atomic E-state index is 0.105. The molecule has 1 N–H and O–H groups in total. The SMILES string of the molecule is C[C@H](NC1c2ccccc2OC1(C)C)c1ccc(F)cc1. The molecule has 2 nitrogen and oxygen atoms in total. The number of ether oxygens (including phenoxy) is 1. The molecule has 1 aliphatic heterocycles. The summed E-state index contributed by atoms with van der Waals surface area (Å²) in [5.74, 6) is 0.729. The molecule has 0 amide bonds. The lowest BCUT2D eigenvalue weighted by Crippen LogP contribution is -2.40. The van der Waals surface area contributed by atoms with Crippen molar-refractivity contribution in [3.8, 4) is 5.75 Å². The van der Waals surface area contributed by atoms with Gasteiger partial charge in [0.1, 0.15) is 17.2 Å². The highest BCUT2D eigenvalue weighted by Crippen LogP contribution is 2.43. The summed E-state index contributed by atoms with van der Waals surface area (Å²) in [6.45, 7) is 6.26. The van der Waals surface area contributed by atoms with E-state index < -0.39 is 0 Å². The van der Waals surface area contributed by atoms with Gasteiger partial charge in [-0.2, -0.15) is 0 Å². The molecule has 1 unspecified atom stereocenters. The maximum Gasteiger partial charge on any atom is 0.125 e. The Morgan fingerprint density at radius 2 is 1.76 bits per heavy atom. The molecule has 2 aromatic rings. The average molecular weight is 285 g/mol. The smallest absolute Gasteiger partial charge is 0.125 e. The Bertz CT molecular complexity index is 636. The maximum absolute atomic E-state index is 13.0. The van der Waals surface area contributed by atoms with E-state index in [1.54, 1.807) is 0 Å². The van der Waals surface area contributed by atoms with Gasteiger partial charge in [0.25, 0.3) is 0 Å². The van der Waals surface area contributed by atoms with E-state index in [1.165, 1.54) is 17.7 Å². The third-order valence-electron chi connectivity index (χ3n) is 4.08. The van der Waals surface area contributed by atoms with Crippen molar-refractivity contribution in [3.05, 3.63) is 65.5 Å². The van der Waals surface area contributed by atoms with E-state index in [4.69, 9.17) is 4.74 Å². The zero-order valence-electron chi connectivity index (χ0n) is 12.6. The first-order valence-electron chi connectivity index (χ1n) is 7.27. The second kappa shape index (κ2) is 5.15. The first-order chi connectivity index (χ1) is 9.97. The van der Waals surface area contributed by atoms with Crippen molar-refractivity contribution in [2.75, 3.05) is 0 Å². The van der Waals surface area contributed by atoms with Gasteiger partial charge in [0, 0.05) is 11.6 Å². The standard InChI is InChI=1S/C18H20FNO/c1-12(13-8-10-14(19)11-9-13)20-17-15-6-4-5-7-16(15)21-18(17,2)3/h4-12,17,20H,1-3H3/t12-,17?/m0/s1. The molecular weight excluding hydrogens is 265 g/mol. The second-order valence-electron chi connectivity index (χ2n) is 6.12. The normalized spacial score (nSPS) is 20.7. The fourth-order valence-electron chi connectivity index (χ4n) is 2.92. The summed E-state index contributed by atoms with van der Waals surface area (Å²) in [5, 5.41) is 3.61. The van der Waals surface area contributed by atoms with Crippen LogP contribution in [-0.2, 0) is 0 Å². The lowest BCUT2D eigenvalue weighted by Gasteiger charge is -2.30. The first-order valence-corrected chi connectivity index (χ1v) is 7.27. The molecule has 110 valence electrons. The van der Waals surface area contributed by atoms with Gasteiger partial charge in [0.05, 0.1) is 6.04 Å². The minimum atomic E-state index is -0.308. The van der Waals surface area contributed by atoms with Crippen LogP contribution in [0.4, 0.5) is 4.39 Å². The van der Waals surface area contributed by atoms with Crippen LogP contribution in [0, 0.1) is 5.82 Å². The van der Waals surface area contributed by atoms with Crippen LogP contribution in [0.15, 0.2) is 48.5 Å². The van der Waals surface area contributed by atoms with Crippen molar-refractivity contribution in [1.82, 2.24) is 5.32 Å². The molecule has 1 aliphatic rings. The molecule has 0 aromatic heterocycles. The molecule has 1 heterocycles. The molecular formula is C18H20FNO. The largest absolute Gasteiger partial charge is 0.486 e. The number of para-hydroxylation sites is 1. The number of fused-ring (bicyclic) bond motifs is 1. The van der Waals surface area contributed by atoms with Crippen molar-refractivity contribution >= 4 is 0 Å². The molecule has 2 atom stereocenters. The van der Waals surface area contributed by atoms with Crippen LogP contribution in [-0.4, -0.2) is 5.60 Å². The molecule has 3 rings (SSSR count). The predicted octanol–water partition coefficient (Wildman–Crippen LogP) is 4.39. The molecule has 0 saturated heterocycles. The van der Waals surface area contributed by atoms with Crippen molar-refractivity contribution in [2.45, 2.75) is 38.5 Å². The summed E-state index contributed by atoms with van der Waals surface area (Å²) in [5.41, 5.74) is 1.94. The summed E-state index contributed by atoms with van der Waals surface area (Å²) in [4.78, 5) is 0. The van der Waals surface area contributed by atoms with Gasteiger partial charge in [-0.15, -0.1) is 0 Å². The molecule has 2 aromatic carbocycles. The van der Waals surface area contributed by atoms with E-state index in [9.17, 15) is 4.39 Å². The molecule has 0 fully saturated rings. The second-order valence-corrected chi connectivity index (χ2v) is 6.12. The van der Waals surface area contributed by atoms with Crippen LogP contribution in [0.2, 0.25) is 0 Å². The Morgan fingerprint density at radius 3 is 2.48 bits per heavy atom. The van der Waals surface area contributed by atoms with Crippen LogP contribution in [0.3, 0.4) is 0 Å². The zero-order chi connectivity index (χ0) is 15.0. The van der Waals surface area contributed by atoms with E-state index in [0.29, 0.717) is 0 Å². The number of benzene rings is 2. The van der Waals surface area contributed by atoms with Gasteiger partial charge in [-0.3, -0.25) is 5.32 Å². The number of hydrogen-bond acceptors (Lipinski definition) is 2. The zero-order valence-corrected chi connectivity index (χ0v) is 12.6.